The Labute approximate surface area is 116 Å². The average Bonchev–Trinajstić information content (AvgIpc) is 2.46. The highest BCUT2D eigenvalue weighted by Gasteiger charge is 2.12. The third-order valence-corrected chi connectivity index (χ3v) is 2.92. The molecule has 0 aliphatic heterocycles. The Bertz CT molecular complexity index is 601. The lowest BCUT2D eigenvalue weighted by Gasteiger charge is -2.19. The number of likely N-dealkylation sites (N-methyl/N-ethyl adjacent to an activating group) is 1. The molecule has 2 rings (SSSR count). The number of carboxylic acids is 1. The molecule has 2 heterocycles. The first-order chi connectivity index (χ1) is 9.58. The molecule has 0 fully saturated rings. The number of carbonyl (C=O) groups is 1. The number of rotatable bonds is 5. The van der Waals surface area contributed by atoms with Crippen LogP contribution in [0, 0.1) is 0 Å². The SMILES string of the molecule is CN(CCc1ccccn1)c1nc(C(=O)O)ccc1N. The second kappa shape index (κ2) is 6.01. The first-order valence-corrected chi connectivity index (χ1v) is 6.19. The largest absolute Gasteiger partial charge is 0.477 e. The number of nitrogens with zero attached hydrogens (tertiary/aromatic N) is 3. The van der Waals surface area contributed by atoms with Crippen molar-refractivity contribution in [2.75, 3.05) is 24.2 Å². The fourth-order valence-electron chi connectivity index (χ4n) is 1.82. The Hall–Kier alpha value is -2.63. The molecule has 0 radical (unpaired) electrons. The highest BCUT2D eigenvalue weighted by molar-refractivity contribution is 5.86. The van der Waals surface area contributed by atoms with Gasteiger partial charge < -0.3 is 15.7 Å². The van der Waals surface area contributed by atoms with Gasteiger partial charge in [-0.3, -0.25) is 4.98 Å². The molecular weight excluding hydrogens is 256 g/mol. The Morgan fingerprint density at radius 1 is 1.35 bits per heavy atom. The Kier molecular flexibility index (Phi) is 4.14. The van der Waals surface area contributed by atoms with Gasteiger partial charge in [-0.25, -0.2) is 9.78 Å². The minimum atomic E-state index is -1.07. The van der Waals surface area contributed by atoms with Gasteiger partial charge in [0, 0.05) is 31.9 Å². The minimum absolute atomic E-state index is 0.0149. The summed E-state index contributed by atoms with van der Waals surface area (Å²) in [5.74, 6) is -0.592. The van der Waals surface area contributed by atoms with Crippen LogP contribution in [0.1, 0.15) is 16.2 Å². The van der Waals surface area contributed by atoms with Crippen LogP contribution in [0.4, 0.5) is 11.5 Å². The molecular formula is C14H16N4O2. The minimum Gasteiger partial charge on any atom is -0.477 e. The van der Waals surface area contributed by atoms with Crippen LogP contribution >= 0.6 is 0 Å². The number of hydrogen-bond donors (Lipinski definition) is 2. The van der Waals surface area contributed by atoms with Crippen LogP contribution in [-0.2, 0) is 6.42 Å². The molecule has 0 amide bonds. The first kappa shape index (κ1) is 13.8. The van der Waals surface area contributed by atoms with E-state index in [-0.39, 0.29) is 5.69 Å². The molecule has 3 N–H and O–H groups in total. The van der Waals surface area contributed by atoms with E-state index < -0.39 is 5.97 Å². The van der Waals surface area contributed by atoms with Crippen molar-refractivity contribution in [1.82, 2.24) is 9.97 Å². The molecule has 0 saturated carbocycles. The van der Waals surface area contributed by atoms with Crippen molar-refractivity contribution in [3.8, 4) is 0 Å². The third-order valence-electron chi connectivity index (χ3n) is 2.92. The summed E-state index contributed by atoms with van der Waals surface area (Å²) in [5.41, 5.74) is 7.25. The molecule has 6 heteroatoms. The van der Waals surface area contributed by atoms with Gasteiger partial charge in [-0.2, -0.15) is 0 Å². The monoisotopic (exact) mass is 272 g/mol. The predicted molar refractivity (Wildman–Crippen MR) is 76.8 cm³/mol. The number of carboxylic acid groups (broad SMARTS) is 1. The predicted octanol–water partition coefficient (Wildman–Crippen LogP) is 1.44. The van der Waals surface area contributed by atoms with Crippen molar-refractivity contribution in [2.24, 2.45) is 0 Å². The zero-order chi connectivity index (χ0) is 14.5. The van der Waals surface area contributed by atoms with Crippen LogP contribution in [0.2, 0.25) is 0 Å². The van der Waals surface area contributed by atoms with Crippen LogP contribution < -0.4 is 10.6 Å². The Balaban J connectivity index is 2.10. The molecule has 0 aliphatic carbocycles. The molecule has 0 spiro atoms. The molecule has 0 atom stereocenters. The van der Waals surface area contributed by atoms with Gasteiger partial charge in [0.1, 0.15) is 0 Å². The van der Waals surface area contributed by atoms with Gasteiger partial charge in [0.15, 0.2) is 11.5 Å². The van der Waals surface area contributed by atoms with Crippen molar-refractivity contribution in [2.45, 2.75) is 6.42 Å². The van der Waals surface area contributed by atoms with E-state index >= 15 is 0 Å². The molecule has 0 aromatic carbocycles. The molecule has 6 nitrogen and oxygen atoms in total. The molecule has 0 bridgehead atoms. The zero-order valence-corrected chi connectivity index (χ0v) is 11.2. The van der Waals surface area contributed by atoms with E-state index in [1.54, 1.807) is 12.3 Å². The highest BCUT2D eigenvalue weighted by atomic mass is 16.4. The van der Waals surface area contributed by atoms with Crippen molar-refractivity contribution in [3.63, 3.8) is 0 Å². The lowest BCUT2D eigenvalue weighted by molar-refractivity contribution is 0.0690. The fraction of sp³-hybridized carbons (Fsp3) is 0.214. The van der Waals surface area contributed by atoms with E-state index in [1.807, 2.05) is 30.1 Å². The number of nitrogen functional groups attached to an aromatic ring is 1. The number of nitrogens with two attached hydrogens (primary N) is 1. The molecule has 20 heavy (non-hydrogen) atoms. The smallest absolute Gasteiger partial charge is 0.354 e. The lowest BCUT2D eigenvalue weighted by atomic mass is 10.2. The van der Waals surface area contributed by atoms with Gasteiger partial charge in [0.2, 0.25) is 0 Å². The number of aromatic nitrogens is 2. The standard InChI is InChI=1S/C14H16N4O2/c1-18(9-7-10-4-2-3-8-16-10)13-11(15)5-6-12(17-13)14(19)20/h2-6,8H,7,9,15H2,1H3,(H,19,20). The normalized spacial score (nSPS) is 10.2. The number of hydrogen-bond acceptors (Lipinski definition) is 5. The second-order valence-corrected chi connectivity index (χ2v) is 4.41. The van der Waals surface area contributed by atoms with Gasteiger partial charge >= 0.3 is 5.97 Å². The van der Waals surface area contributed by atoms with Crippen LogP contribution in [0.5, 0.6) is 0 Å². The maximum Gasteiger partial charge on any atom is 0.354 e. The molecule has 2 aromatic rings. The van der Waals surface area contributed by atoms with Crippen molar-refractivity contribution in [3.05, 3.63) is 47.9 Å². The van der Waals surface area contributed by atoms with Gasteiger partial charge in [-0.15, -0.1) is 0 Å². The van der Waals surface area contributed by atoms with Crippen molar-refractivity contribution in [1.29, 1.82) is 0 Å². The highest BCUT2D eigenvalue weighted by Crippen LogP contribution is 2.19. The molecule has 2 aromatic heterocycles. The molecule has 0 aliphatic rings. The first-order valence-electron chi connectivity index (χ1n) is 6.19. The van der Waals surface area contributed by atoms with E-state index in [0.717, 1.165) is 12.1 Å². The van der Waals surface area contributed by atoms with Crippen molar-refractivity contribution < 1.29 is 9.90 Å². The van der Waals surface area contributed by atoms with Gasteiger partial charge in [0.05, 0.1) is 5.69 Å². The fourth-order valence-corrected chi connectivity index (χ4v) is 1.82. The summed E-state index contributed by atoms with van der Waals surface area (Å²) in [6, 6.07) is 8.69. The number of pyridine rings is 2. The lowest BCUT2D eigenvalue weighted by Crippen LogP contribution is -2.23. The second-order valence-electron chi connectivity index (χ2n) is 4.41. The van der Waals surface area contributed by atoms with Gasteiger partial charge in [0.25, 0.3) is 0 Å². The quantitative estimate of drug-likeness (QED) is 0.855. The third kappa shape index (κ3) is 3.23. The van der Waals surface area contributed by atoms with Crippen LogP contribution in [0.15, 0.2) is 36.5 Å². The van der Waals surface area contributed by atoms with E-state index in [9.17, 15) is 4.79 Å². The molecule has 0 unspecified atom stereocenters. The molecule has 104 valence electrons. The summed E-state index contributed by atoms with van der Waals surface area (Å²) < 4.78 is 0. The van der Waals surface area contributed by atoms with E-state index in [4.69, 9.17) is 10.8 Å². The van der Waals surface area contributed by atoms with Gasteiger partial charge in [-0.1, -0.05) is 6.07 Å². The van der Waals surface area contributed by atoms with E-state index in [0.29, 0.717) is 18.1 Å². The van der Waals surface area contributed by atoms with E-state index in [1.165, 1.54) is 6.07 Å². The number of aromatic carboxylic acids is 1. The van der Waals surface area contributed by atoms with Crippen LogP contribution in [-0.4, -0.2) is 34.6 Å². The number of anilines is 2. The van der Waals surface area contributed by atoms with Crippen molar-refractivity contribution >= 4 is 17.5 Å². The summed E-state index contributed by atoms with van der Waals surface area (Å²) in [5, 5.41) is 8.96. The Morgan fingerprint density at radius 3 is 2.80 bits per heavy atom. The summed E-state index contributed by atoms with van der Waals surface area (Å²) in [6.45, 7) is 0.650. The van der Waals surface area contributed by atoms with E-state index in [2.05, 4.69) is 9.97 Å². The Morgan fingerprint density at radius 2 is 2.15 bits per heavy atom. The summed E-state index contributed by atoms with van der Waals surface area (Å²) >= 11 is 0. The topological polar surface area (TPSA) is 92.3 Å². The zero-order valence-electron chi connectivity index (χ0n) is 11.2. The van der Waals surface area contributed by atoms with Crippen LogP contribution in [0.25, 0.3) is 0 Å². The summed E-state index contributed by atoms with van der Waals surface area (Å²) in [6.07, 6.45) is 2.47. The maximum absolute atomic E-state index is 10.9. The molecule has 0 saturated heterocycles. The summed E-state index contributed by atoms with van der Waals surface area (Å²) in [4.78, 5) is 21.1. The average molecular weight is 272 g/mol. The maximum atomic E-state index is 10.9. The van der Waals surface area contributed by atoms with Gasteiger partial charge in [-0.05, 0) is 24.3 Å². The van der Waals surface area contributed by atoms with Crippen LogP contribution in [0.3, 0.4) is 0 Å². The summed E-state index contributed by atoms with van der Waals surface area (Å²) in [7, 11) is 1.83.